The highest BCUT2D eigenvalue weighted by Crippen LogP contribution is 2.23. The van der Waals surface area contributed by atoms with Gasteiger partial charge in [-0.1, -0.05) is 0 Å². The van der Waals surface area contributed by atoms with Crippen molar-refractivity contribution in [2.75, 3.05) is 31.2 Å². The Labute approximate surface area is 106 Å². The van der Waals surface area contributed by atoms with Crippen LogP contribution in [0.4, 0.5) is 11.6 Å². The fourth-order valence-corrected chi connectivity index (χ4v) is 2.11. The molecular weight excluding hydrogens is 234 g/mol. The van der Waals surface area contributed by atoms with E-state index >= 15 is 0 Å². The molecule has 0 radical (unpaired) electrons. The van der Waals surface area contributed by atoms with Crippen LogP contribution in [-0.2, 0) is 11.8 Å². The summed E-state index contributed by atoms with van der Waals surface area (Å²) >= 11 is 0. The normalized spacial score (nSPS) is 19.6. The Balaban J connectivity index is 2.20. The Morgan fingerprint density at radius 1 is 1.67 bits per heavy atom. The van der Waals surface area contributed by atoms with Crippen molar-refractivity contribution in [1.82, 2.24) is 15.1 Å². The predicted octanol–water partition coefficient (Wildman–Crippen LogP) is -0.0472. The lowest BCUT2D eigenvalue weighted by Crippen LogP contribution is -2.38. The molecule has 0 amide bonds. The van der Waals surface area contributed by atoms with E-state index in [1.54, 1.807) is 7.05 Å². The maximum absolute atomic E-state index is 11.7. The van der Waals surface area contributed by atoms with Crippen LogP contribution in [0.5, 0.6) is 0 Å². The Bertz CT molecular complexity index is 437. The molecule has 1 saturated heterocycles. The second kappa shape index (κ2) is 5.26. The fourth-order valence-electron chi connectivity index (χ4n) is 2.11. The largest absolute Gasteiger partial charge is 0.465 e. The molecule has 0 bridgehead atoms. The van der Waals surface area contributed by atoms with Crippen molar-refractivity contribution >= 4 is 17.6 Å². The van der Waals surface area contributed by atoms with Gasteiger partial charge in [-0.3, -0.25) is 4.68 Å². The summed E-state index contributed by atoms with van der Waals surface area (Å²) in [5.41, 5.74) is 6.14. The van der Waals surface area contributed by atoms with Crippen molar-refractivity contribution in [2.45, 2.75) is 18.9 Å². The van der Waals surface area contributed by atoms with E-state index in [0.717, 1.165) is 25.9 Å². The first-order valence-electron chi connectivity index (χ1n) is 6.01. The van der Waals surface area contributed by atoms with Gasteiger partial charge in [-0.15, -0.1) is 0 Å². The molecule has 2 rings (SSSR count). The second-order valence-corrected chi connectivity index (χ2v) is 4.41. The van der Waals surface area contributed by atoms with Gasteiger partial charge >= 0.3 is 5.97 Å². The highest BCUT2D eigenvalue weighted by molar-refractivity contribution is 5.99. The van der Waals surface area contributed by atoms with Crippen molar-refractivity contribution in [3.8, 4) is 0 Å². The zero-order valence-corrected chi connectivity index (χ0v) is 10.7. The van der Waals surface area contributed by atoms with Gasteiger partial charge in [-0.25, -0.2) is 4.79 Å². The lowest BCUT2D eigenvalue weighted by molar-refractivity contribution is 0.0603. The van der Waals surface area contributed by atoms with Gasteiger partial charge in [0.1, 0.15) is 11.4 Å². The van der Waals surface area contributed by atoms with Crippen molar-refractivity contribution in [3.05, 3.63) is 5.56 Å². The quantitative estimate of drug-likeness (QED) is 0.654. The number of nitrogens with two attached hydrogens (primary N) is 1. The maximum Gasteiger partial charge on any atom is 0.345 e. The summed E-state index contributed by atoms with van der Waals surface area (Å²) in [6.07, 6.45) is 2.15. The Morgan fingerprint density at radius 3 is 3.06 bits per heavy atom. The highest BCUT2D eigenvalue weighted by atomic mass is 16.5. The minimum atomic E-state index is -0.466. The van der Waals surface area contributed by atoms with E-state index in [1.165, 1.54) is 11.8 Å². The molecule has 0 spiro atoms. The number of aryl methyl sites for hydroxylation is 1. The number of piperidine rings is 1. The molecule has 100 valence electrons. The SMILES string of the molecule is COC(=O)c1c(NC2CCCNC2)nn(C)c1N. The molecule has 0 saturated carbocycles. The van der Waals surface area contributed by atoms with E-state index in [0.29, 0.717) is 17.2 Å². The van der Waals surface area contributed by atoms with Crippen molar-refractivity contribution in [1.29, 1.82) is 0 Å². The Morgan fingerprint density at radius 2 is 2.44 bits per heavy atom. The molecule has 2 heterocycles. The van der Waals surface area contributed by atoms with E-state index < -0.39 is 5.97 Å². The van der Waals surface area contributed by atoms with Gasteiger partial charge in [0.2, 0.25) is 0 Å². The molecule has 1 fully saturated rings. The summed E-state index contributed by atoms with van der Waals surface area (Å²) in [5, 5.41) is 10.8. The topological polar surface area (TPSA) is 94.2 Å². The molecule has 4 N–H and O–H groups in total. The van der Waals surface area contributed by atoms with Gasteiger partial charge in [0.05, 0.1) is 7.11 Å². The van der Waals surface area contributed by atoms with E-state index in [-0.39, 0.29) is 6.04 Å². The zero-order chi connectivity index (χ0) is 13.1. The number of nitrogens with zero attached hydrogens (tertiary/aromatic N) is 2. The van der Waals surface area contributed by atoms with Gasteiger partial charge < -0.3 is 21.1 Å². The van der Waals surface area contributed by atoms with Crippen molar-refractivity contribution in [2.24, 2.45) is 7.05 Å². The smallest absolute Gasteiger partial charge is 0.345 e. The molecule has 1 atom stereocenters. The summed E-state index contributed by atoms with van der Waals surface area (Å²) < 4.78 is 6.21. The number of carbonyl (C=O) groups is 1. The van der Waals surface area contributed by atoms with Crippen LogP contribution in [0.1, 0.15) is 23.2 Å². The molecular formula is C11H19N5O2. The highest BCUT2D eigenvalue weighted by Gasteiger charge is 2.24. The average Bonchev–Trinajstić information content (AvgIpc) is 2.65. The molecule has 1 aliphatic heterocycles. The number of ether oxygens (including phenoxy) is 1. The van der Waals surface area contributed by atoms with E-state index in [9.17, 15) is 4.79 Å². The summed E-state index contributed by atoms with van der Waals surface area (Å²) in [4.78, 5) is 11.7. The first-order chi connectivity index (χ1) is 8.63. The van der Waals surface area contributed by atoms with E-state index in [2.05, 4.69) is 15.7 Å². The van der Waals surface area contributed by atoms with Crippen LogP contribution >= 0.6 is 0 Å². The number of rotatable bonds is 3. The third kappa shape index (κ3) is 2.40. The van der Waals surface area contributed by atoms with Gasteiger partial charge in [-0.2, -0.15) is 5.10 Å². The number of anilines is 2. The minimum Gasteiger partial charge on any atom is -0.465 e. The Kier molecular flexibility index (Phi) is 3.71. The lowest BCUT2D eigenvalue weighted by atomic mass is 10.1. The van der Waals surface area contributed by atoms with Crippen LogP contribution in [0.25, 0.3) is 0 Å². The number of aromatic nitrogens is 2. The number of hydrogen-bond donors (Lipinski definition) is 3. The van der Waals surface area contributed by atoms with Gasteiger partial charge in [0, 0.05) is 19.6 Å². The monoisotopic (exact) mass is 253 g/mol. The van der Waals surface area contributed by atoms with Gasteiger partial charge in [0.25, 0.3) is 0 Å². The second-order valence-electron chi connectivity index (χ2n) is 4.41. The first-order valence-corrected chi connectivity index (χ1v) is 6.01. The summed E-state index contributed by atoms with van der Waals surface area (Å²) in [6.45, 7) is 1.89. The molecule has 0 aliphatic carbocycles. The van der Waals surface area contributed by atoms with Crippen LogP contribution in [0.2, 0.25) is 0 Å². The third-order valence-corrected chi connectivity index (χ3v) is 3.12. The molecule has 18 heavy (non-hydrogen) atoms. The Hall–Kier alpha value is -1.76. The lowest BCUT2D eigenvalue weighted by Gasteiger charge is -2.23. The summed E-state index contributed by atoms with van der Waals surface area (Å²) in [7, 11) is 3.03. The number of nitrogen functional groups attached to an aromatic ring is 1. The van der Waals surface area contributed by atoms with E-state index in [1.807, 2.05) is 0 Å². The molecule has 1 aromatic rings. The summed E-state index contributed by atoms with van der Waals surface area (Å²) in [5.74, 6) is 0.343. The number of carbonyl (C=O) groups excluding carboxylic acids is 1. The molecule has 7 heteroatoms. The number of nitrogens with one attached hydrogen (secondary N) is 2. The maximum atomic E-state index is 11.7. The number of esters is 1. The van der Waals surface area contributed by atoms with Crippen LogP contribution in [0.3, 0.4) is 0 Å². The molecule has 7 nitrogen and oxygen atoms in total. The fraction of sp³-hybridized carbons (Fsp3) is 0.636. The standard InChI is InChI=1S/C11H19N5O2/c1-16-9(12)8(11(17)18-2)10(15-16)14-7-4-3-5-13-6-7/h7,13H,3-6,12H2,1-2H3,(H,14,15). The van der Waals surface area contributed by atoms with Crippen LogP contribution < -0.4 is 16.4 Å². The van der Waals surface area contributed by atoms with Crippen molar-refractivity contribution < 1.29 is 9.53 Å². The summed E-state index contributed by atoms with van der Waals surface area (Å²) in [6, 6.07) is 0.261. The van der Waals surface area contributed by atoms with Crippen molar-refractivity contribution in [3.63, 3.8) is 0 Å². The zero-order valence-electron chi connectivity index (χ0n) is 10.7. The van der Waals surface area contributed by atoms with Crippen LogP contribution in [-0.4, -0.2) is 42.0 Å². The number of hydrogen-bond acceptors (Lipinski definition) is 6. The van der Waals surface area contributed by atoms with E-state index in [4.69, 9.17) is 10.5 Å². The molecule has 1 unspecified atom stereocenters. The average molecular weight is 253 g/mol. The minimum absolute atomic E-state index is 0.261. The van der Waals surface area contributed by atoms with Crippen LogP contribution in [0, 0.1) is 0 Å². The number of methoxy groups -OCH3 is 1. The molecule has 0 aromatic carbocycles. The van der Waals surface area contributed by atoms with Gasteiger partial charge in [0.15, 0.2) is 5.82 Å². The molecule has 1 aromatic heterocycles. The first kappa shape index (κ1) is 12.7. The molecule has 1 aliphatic rings. The van der Waals surface area contributed by atoms with Gasteiger partial charge in [-0.05, 0) is 19.4 Å². The third-order valence-electron chi connectivity index (χ3n) is 3.12. The van der Waals surface area contributed by atoms with Crippen LogP contribution in [0.15, 0.2) is 0 Å². The predicted molar refractivity (Wildman–Crippen MR) is 68.5 cm³/mol.